The van der Waals surface area contributed by atoms with Gasteiger partial charge in [-0.15, -0.1) is 0 Å². The van der Waals surface area contributed by atoms with Gasteiger partial charge in [0.25, 0.3) is 0 Å². The van der Waals surface area contributed by atoms with Gasteiger partial charge in [0.15, 0.2) is 0 Å². The van der Waals surface area contributed by atoms with Crippen molar-refractivity contribution in [2.45, 2.75) is 51.3 Å². The van der Waals surface area contributed by atoms with Crippen molar-refractivity contribution in [3.05, 3.63) is 48.0 Å². The van der Waals surface area contributed by atoms with E-state index in [1.54, 1.807) is 0 Å². The Hall–Kier alpha value is -1.38. The first kappa shape index (κ1) is 14.2. The fraction of sp³-hybridized carbons (Fsp3) is 0.500. The second kappa shape index (κ2) is 4.81. The van der Waals surface area contributed by atoms with Crippen LogP contribution in [0.1, 0.15) is 38.7 Å². The van der Waals surface area contributed by atoms with Gasteiger partial charge in [0.05, 0.1) is 6.10 Å². The van der Waals surface area contributed by atoms with Crippen LogP contribution in [0.3, 0.4) is 0 Å². The molecular formula is C20H25NO. The largest absolute Gasteiger partial charge is 0.391 e. The average Bonchev–Trinajstić information content (AvgIpc) is 2.87. The van der Waals surface area contributed by atoms with E-state index < -0.39 is 0 Å². The van der Waals surface area contributed by atoms with Crippen LogP contribution in [-0.2, 0) is 6.54 Å². The highest BCUT2D eigenvalue weighted by Crippen LogP contribution is 2.60. The van der Waals surface area contributed by atoms with Gasteiger partial charge in [0.2, 0.25) is 0 Å². The molecule has 0 amide bonds. The maximum absolute atomic E-state index is 10.6. The molecule has 0 aromatic heterocycles. The Morgan fingerprint density at radius 1 is 1.14 bits per heavy atom. The minimum absolute atomic E-state index is 0.116. The highest BCUT2D eigenvalue weighted by atomic mass is 16.3. The lowest BCUT2D eigenvalue weighted by atomic mass is 9.75. The molecule has 22 heavy (non-hydrogen) atoms. The van der Waals surface area contributed by atoms with Crippen molar-refractivity contribution in [3.8, 4) is 0 Å². The molecule has 2 fully saturated rings. The SMILES string of the molecule is CC1(C)C2CCC1(NCc1cccc3ccccc13)C(O)C2. The van der Waals surface area contributed by atoms with Gasteiger partial charge in [-0.05, 0) is 46.9 Å². The number of aliphatic hydroxyl groups excluding tert-OH is 1. The van der Waals surface area contributed by atoms with E-state index >= 15 is 0 Å². The van der Waals surface area contributed by atoms with Gasteiger partial charge in [-0.3, -0.25) is 0 Å². The molecule has 2 aliphatic rings. The van der Waals surface area contributed by atoms with Crippen molar-refractivity contribution in [1.29, 1.82) is 0 Å². The van der Waals surface area contributed by atoms with Crippen LogP contribution in [0.5, 0.6) is 0 Å². The number of rotatable bonds is 3. The Morgan fingerprint density at radius 3 is 2.64 bits per heavy atom. The smallest absolute Gasteiger partial charge is 0.0730 e. The first-order valence-electron chi connectivity index (χ1n) is 8.44. The molecule has 4 rings (SSSR count). The summed E-state index contributed by atoms with van der Waals surface area (Å²) in [5, 5.41) is 17.0. The van der Waals surface area contributed by atoms with Gasteiger partial charge in [0, 0.05) is 12.1 Å². The lowest BCUT2D eigenvalue weighted by Crippen LogP contribution is -2.57. The third-order valence-corrected chi connectivity index (χ3v) is 6.61. The van der Waals surface area contributed by atoms with Crippen LogP contribution in [0, 0.1) is 11.3 Å². The van der Waals surface area contributed by atoms with Crippen LogP contribution in [0.4, 0.5) is 0 Å². The zero-order valence-electron chi connectivity index (χ0n) is 13.5. The molecule has 2 heteroatoms. The molecule has 2 aromatic rings. The van der Waals surface area contributed by atoms with E-state index in [0.29, 0.717) is 5.92 Å². The molecule has 0 heterocycles. The van der Waals surface area contributed by atoms with Crippen molar-refractivity contribution in [3.63, 3.8) is 0 Å². The molecule has 2 bridgehead atoms. The van der Waals surface area contributed by atoms with Gasteiger partial charge >= 0.3 is 0 Å². The monoisotopic (exact) mass is 295 g/mol. The number of benzene rings is 2. The molecule has 0 aliphatic heterocycles. The average molecular weight is 295 g/mol. The van der Waals surface area contributed by atoms with Gasteiger partial charge in [-0.25, -0.2) is 0 Å². The molecule has 0 radical (unpaired) electrons. The quantitative estimate of drug-likeness (QED) is 0.901. The summed E-state index contributed by atoms with van der Waals surface area (Å²) in [7, 11) is 0. The van der Waals surface area contributed by atoms with Crippen LogP contribution in [0.2, 0.25) is 0 Å². The van der Waals surface area contributed by atoms with Crippen molar-refractivity contribution in [2.75, 3.05) is 0 Å². The molecule has 2 aliphatic carbocycles. The standard InChI is InChI=1S/C20H25NO/c1-19(2)16-10-11-20(19,18(22)12-16)21-13-15-8-5-7-14-6-3-4-9-17(14)15/h3-9,16,18,21-22H,10-13H2,1-2H3. The number of fused-ring (bicyclic) bond motifs is 3. The maximum atomic E-state index is 10.6. The summed E-state index contributed by atoms with van der Waals surface area (Å²) in [5.41, 5.74) is 1.39. The second-order valence-electron chi connectivity index (χ2n) is 7.67. The summed E-state index contributed by atoms with van der Waals surface area (Å²) in [4.78, 5) is 0. The molecule has 3 unspecified atom stereocenters. The molecule has 0 saturated heterocycles. The predicted octanol–water partition coefficient (Wildman–Crippen LogP) is 3.87. The topological polar surface area (TPSA) is 32.3 Å². The molecule has 2 aromatic carbocycles. The number of hydrogen-bond acceptors (Lipinski definition) is 2. The molecule has 2 nitrogen and oxygen atoms in total. The second-order valence-corrected chi connectivity index (χ2v) is 7.67. The summed E-state index contributed by atoms with van der Waals surface area (Å²) in [6.07, 6.45) is 3.08. The first-order chi connectivity index (χ1) is 10.5. The Labute approximate surface area is 132 Å². The van der Waals surface area contributed by atoms with E-state index in [1.807, 2.05) is 0 Å². The fourth-order valence-corrected chi connectivity index (χ4v) is 5.06. The highest BCUT2D eigenvalue weighted by molar-refractivity contribution is 5.85. The van der Waals surface area contributed by atoms with Crippen molar-refractivity contribution in [2.24, 2.45) is 11.3 Å². The lowest BCUT2D eigenvalue weighted by Gasteiger charge is -2.41. The molecule has 116 valence electrons. The van der Waals surface area contributed by atoms with Crippen molar-refractivity contribution >= 4 is 10.8 Å². The fourth-order valence-electron chi connectivity index (χ4n) is 5.06. The third-order valence-electron chi connectivity index (χ3n) is 6.61. The first-order valence-corrected chi connectivity index (χ1v) is 8.44. The van der Waals surface area contributed by atoms with Gasteiger partial charge in [0.1, 0.15) is 0 Å². The highest BCUT2D eigenvalue weighted by Gasteiger charge is 2.63. The summed E-state index contributed by atoms with van der Waals surface area (Å²) in [6, 6.07) is 15.0. The summed E-state index contributed by atoms with van der Waals surface area (Å²) >= 11 is 0. The van der Waals surface area contributed by atoms with E-state index in [0.717, 1.165) is 19.4 Å². The molecule has 2 N–H and O–H groups in total. The normalized spacial score (nSPS) is 32.7. The molecule has 2 saturated carbocycles. The van der Waals surface area contributed by atoms with E-state index in [-0.39, 0.29) is 17.1 Å². The van der Waals surface area contributed by atoms with Crippen LogP contribution >= 0.6 is 0 Å². The van der Waals surface area contributed by atoms with E-state index in [4.69, 9.17) is 0 Å². The Morgan fingerprint density at radius 2 is 1.91 bits per heavy atom. The zero-order chi connectivity index (χ0) is 15.4. The number of nitrogens with one attached hydrogen (secondary N) is 1. The van der Waals surface area contributed by atoms with Crippen LogP contribution in [0.15, 0.2) is 42.5 Å². The van der Waals surface area contributed by atoms with Crippen LogP contribution in [0.25, 0.3) is 10.8 Å². The summed E-state index contributed by atoms with van der Waals surface area (Å²) < 4.78 is 0. The Kier molecular flexibility index (Phi) is 3.11. The van der Waals surface area contributed by atoms with Crippen LogP contribution in [-0.4, -0.2) is 16.7 Å². The molecule has 0 spiro atoms. The van der Waals surface area contributed by atoms with Gasteiger partial charge < -0.3 is 10.4 Å². The number of aliphatic hydroxyl groups is 1. The van der Waals surface area contributed by atoms with Crippen molar-refractivity contribution in [1.82, 2.24) is 5.32 Å². The summed E-state index contributed by atoms with van der Waals surface area (Å²) in [6.45, 7) is 5.49. The van der Waals surface area contributed by atoms with E-state index in [1.165, 1.54) is 22.8 Å². The lowest BCUT2D eigenvalue weighted by molar-refractivity contribution is 0.0367. The van der Waals surface area contributed by atoms with E-state index in [2.05, 4.69) is 61.6 Å². The molecular weight excluding hydrogens is 270 g/mol. The van der Waals surface area contributed by atoms with Crippen LogP contribution < -0.4 is 5.32 Å². The van der Waals surface area contributed by atoms with Gasteiger partial charge in [-0.2, -0.15) is 0 Å². The van der Waals surface area contributed by atoms with E-state index in [9.17, 15) is 5.11 Å². The Bertz CT molecular complexity index is 702. The Balaban J connectivity index is 1.65. The zero-order valence-corrected chi connectivity index (χ0v) is 13.5. The van der Waals surface area contributed by atoms with Gasteiger partial charge in [-0.1, -0.05) is 56.3 Å². The summed E-state index contributed by atoms with van der Waals surface area (Å²) in [5.74, 6) is 0.655. The molecule has 3 atom stereocenters. The number of hydrogen-bond donors (Lipinski definition) is 2. The third kappa shape index (κ3) is 1.80. The maximum Gasteiger partial charge on any atom is 0.0730 e. The van der Waals surface area contributed by atoms with Crippen molar-refractivity contribution < 1.29 is 5.11 Å². The minimum Gasteiger partial charge on any atom is -0.391 e. The minimum atomic E-state index is -0.212. The predicted molar refractivity (Wildman–Crippen MR) is 90.6 cm³/mol.